The van der Waals surface area contributed by atoms with Crippen molar-refractivity contribution in [2.24, 2.45) is 5.73 Å². The third kappa shape index (κ3) is 3.27. The van der Waals surface area contributed by atoms with Crippen LogP contribution < -0.4 is 10.5 Å². The van der Waals surface area contributed by atoms with Crippen molar-refractivity contribution in [3.63, 3.8) is 0 Å². The Bertz CT molecular complexity index is 688. The molecule has 0 radical (unpaired) electrons. The van der Waals surface area contributed by atoms with E-state index in [1.165, 1.54) is 6.07 Å². The molecule has 0 saturated heterocycles. The van der Waals surface area contributed by atoms with E-state index >= 15 is 0 Å². The molecule has 2 aromatic rings. The molecule has 0 amide bonds. The number of benzene rings is 1. The fourth-order valence-electron chi connectivity index (χ4n) is 1.85. The maximum absolute atomic E-state index is 12.2. The van der Waals surface area contributed by atoms with Gasteiger partial charge in [-0.05, 0) is 19.4 Å². The van der Waals surface area contributed by atoms with Gasteiger partial charge in [0.25, 0.3) is 0 Å². The van der Waals surface area contributed by atoms with Crippen molar-refractivity contribution in [3.05, 3.63) is 53.0 Å². The molecule has 0 bridgehead atoms. The van der Waals surface area contributed by atoms with Gasteiger partial charge in [-0.3, -0.25) is 0 Å². The van der Waals surface area contributed by atoms with Gasteiger partial charge in [0.15, 0.2) is 0 Å². The fraction of sp³-hybridized carbons (Fsp3) is 0.286. The first-order valence-corrected chi connectivity index (χ1v) is 7.75. The van der Waals surface area contributed by atoms with Crippen LogP contribution in [0.15, 0.2) is 39.6 Å². The Morgan fingerprint density at radius 1 is 1.20 bits per heavy atom. The zero-order chi connectivity index (χ0) is 14.8. The van der Waals surface area contributed by atoms with Crippen LogP contribution in [0.4, 0.5) is 0 Å². The van der Waals surface area contributed by atoms with Gasteiger partial charge in [-0.2, -0.15) is 0 Å². The summed E-state index contributed by atoms with van der Waals surface area (Å²) in [6, 6.07) is 9.14. The van der Waals surface area contributed by atoms with Crippen LogP contribution in [0.2, 0.25) is 0 Å². The first-order chi connectivity index (χ1) is 9.42. The Morgan fingerprint density at radius 3 is 2.40 bits per heavy atom. The Balaban J connectivity index is 2.14. The number of hydrogen-bond donors (Lipinski definition) is 2. The van der Waals surface area contributed by atoms with Crippen molar-refractivity contribution < 1.29 is 12.8 Å². The summed E-state index contributed by atoms with van der Waals surface area (Å²) in [7, 11) is -3.59. The quantitative estimate of drug-likeness (QED) is 0.881. The molecule has 20 heavy (non-hydrogen) atoms. The van der Waals surface area contributed by atoms with E-state index in [1.807, 2.05) is 31.2 Å². The van der Waals surface area contributed by atoms with Crippen molar-refractivity contribution in [2.45, 2.75) is 31.8 Å². The van der Waals surface area contributed by atoms with Gasteiger partial charge in [-0.1, -0.05) is 29.8 Å². The number of furan rings is 1. The molecule has 108 valence electrons. The van der Waals surface area contributed by atoms with E-state index in [2.05, 4.69) is 4.72 Å². The number of rotatable bonds is 5. The largest absolute Gasteiger partial charge is 0.464 e. The molecule has 0 aliphatic carbocycles. The normalized spacial score (nSPS) is 11.8. The van der Waals surface area contributed by atoms with Crippen molar-refractivity contribution in [3.8, 4) is 0 Å². The summed E-state index contributed by atoms with van der Waals surface area (Å²) in [5.41, 5.74) is 7.48. The van der Waals surface area contributed by atoms with Gasteiger partial charge in [0, 0.05) is 12.6 Å². The molecule has 0 aliphatic heterocycles. The summed E-state index contributed by atoms with van der Waals surface area (Å²) in [6.07, 6.45) is 0. The summed E-state index contributed by atoms with van der Waals surface area (Å²) in [5.74, 6) is 0.806. The molecule has 0 spiro atoms. The van der Waals surface area contributed by atoms with Gasteiger partial charge in [0.1, 0.15) is 16.4 Å². The first-order valence-electron chi connectivity index (χ1n) is 6.27. The van der Waals surface area contributed by atoms with Crippen LogP contribution in [0.1, 0.15) is 22.6 Å². The van der Waals surface area contributed by atoms with E-state index in [9.17, 15) is 8.42 Å². The van der Waals surface area contributed by atoms with Crippen molar-refractivity contribution >= 4 is 10.0 Å². The lowest BCUT2D eigenvalue weighted by Crippen LogP contribution is -2.23. The molecule has 0 fully saturated rings. The van der Waals surface area contributed by atoms with Crippen LogP contribution >= 0.6 is 0 Å². The molecule has 3 N–H and O–H groups in total. The van der Waals surface area contributed by atoms with Crippen LogP contribution in [-0.4, -0.2) is 8.42 Å². The summed E-state index contributed by atoms with van der Waals surface area (Å²) in [4.78, 5) is 0.144. The Morgan fingerprint density at radius 2 is 1.85 bits per heavy atom. The number of aryl methyl sites for hydroxylation is 2. The Hall–Kier alpha value is -1.63. The average Bonchev–Trinajstić information content (AvgIpc) is 2.80. The topological polar surface area (TPSA) is 85.3 Å². The lowest BCUT2D eigenvalue weighted by atomic mass is 10.2. The minimum Gasteiger partial charge on any atom is -0.464 e. The third-order valence-electron chi connectivity index (χ3n) is 3.00. The second-order valence-corrected chi connectivity index (χ2v) is 6.38. The lowest BCUT2D eigenvalue weighted by Gasteiger charge is -2.06. The number of nitrogens with one attached hydrogen (secondary N) is 1. The van der Waals surface area contributed by atoms with E-state index in [4.69, 9.17) is 10.2 Å². The van der Waals surface area contributed by atoms with Gasteiger partial charge in [-0.15, -0.1) is 0 Å². The van der Waals surface area contributed by atoms with Crippen LogP contribution in [0.3, 0.4) is 0 Å². The van der Waals surface area contributed by atoms with E-state index in [1.54, 1.807) is 6.92 Å². The third-order valence-corrected chi connectivity index (χ3v) is 4.51. The molecule has 1 heterocycles. The molecule has 2 rings (SSSR count). The van der Waals surface area contributed by atoms with Crippen molar-refractivity contribution in [2.75, 3.05) is 0 Å². The molecule has 0 unspecified atom stereocenters. The van der Waals surface area contributed by atoms with Crippen molar-refractivity contribution in [1.29, 1.82) is 0 Å². The molecule has 5 nitrogen and oxygen atoms in total. The zero-order valence-corrected chi connectivity index (χ0v) is 12.3. The summed E-state index contributed by atoms with van der Waals surface area (Å²) >= 11 is 0. The standard InChI is InChI=1S/C14H18N2O3S/c1-10-3-5-12(6-4-10)9-16-20(17,18)14-7-13(8-15)19-11(14)2/h3-7,16H,8-9,15H2,1-2H3. The molecule has 0 saturated carbocycles. The first kappa shape index (κ1) is 14.8. The van der Waals surface area contributed by atoms with Crippen molar-refractivity contribution in [1.82, 2.24) is 4.72 Å². The van der Waals surface area contributed by atoms with Crippen LogP contribution in [0, 0.1) is 13.8 Å². The zero-order valence-electron chi connectivity index (χ0n) is 11.5. The Kier molecular flexibility index (Phi) is 4.27. The van der Waals surface area contributed by atoms with E-state index in [0.717, 1.165) is 11.1 Å². The van der Waals surface area contributed by atoms with Crippen LogP contribution in [0.5, 0.6) is 0 Å². The summed E-state index contributed by atoms with van der Waals surface area (Å²) < 4.78 is 32.3. The van der Waals surface area contributed by atoms with Gasteiger partial charge < -0.3 is 10.2 Å². The van der Waals surface area contributed by atoms with Crippen LogP contribution in [0.25, 0.3) is 0 Å². The highest BCUT2D eigenvalue weighted by molar-refractivity contribution is 7.89. The number of sulfonamides is 1. The van der Waals surface area contributed by atoms with Gasteiger partial charge in [0.2, 0.25) is 10.0 Å². The maximum Gasteiger partial charge on any atom is 0.244 e. The number of hydrogen-bond acceptors (Lipinski definition) is 4. The second-order valence-electron chi connectivity index (χ2n) is 4.65. The SMILES string of the molecule is Cc1ccc(CNS(=O)(=O)c2cc(CN)oc2C)cc1. The molecule has 1 aromatic carbocycles. The van der Waals surface area contributed by atoms with E-state index < -0.39 is 10.0 Å². The maximum atomic E-state index is 12.2. The van der Waals surface area contributed by atoms with Crippen LogP contribution in [-0.2, 0) is 23.1 Å². The molecule has 1 aromatic heterocycles. The molecule has 0 aliphatic rings. The molecular formula is C14H18N2O3S. The smallest absolute Gasteiger partial charge is 0.244 e. The minimum absolute atomic E-state index is 0.144. The highest BCUT2D eigenvalue weighted by Gasteiger charge is 2.20. The fourth-order valence-corrected chi connectivity index (χ4v) is 3.07. The molecule has 6 heteroatoms. The van der Waals surface area contributed by atoms with E-state index in [-0.39, 0.29) is 18.0 Å². The summed E-state index contributed by atoms with van der Waals surface area (Å²) in [6.45, 7) is 4.01. The number of nitrogens with two attached hydrogens (primary N) is 1. The van der Waals surface area contributed by atoms with Gasteiger partial charge in [0.05, 0.1) is 6.54 Å². The van der Waals surface area contributed by atoms with Gasteiger partial charge in [-0.25, -0.2) is 13.1 Å². The van der Waals surface area contributed by atoms with E-state index in [0.29, 0.717) is 11.5 Å². The average molecular weight is 294 g/mol. The molecular weight excluding hydrogens is 276 g/mol. The highest BCUT2D eigenvalue weighted by Crippen LogP contribution is 2.19. The predicted molar refractivity (Wildman–Crippen MR) is 76.5 cm³/mol. The monoisotopic (exact) mass is 294 g/mol. The lowest BCUT2D eigenvalue weighted by molar-refractivity contribution is 0.478. The Labute approximate surface area is 118 Å². The highest BCUT2D eigenvalue weighted by atomic mass is 32.2. The summed E-state index contributed by atoms with van der Waals surface area (Å²) in [5, 5.41) is 0. The minimum atomic E-state index is -3.59. The predicted octanol–water partition coefficient (Wildman–Crippen LogP) is 1.83. The molecule has 0 atom stereocenters. The van der Waals surface area contributed by atoms with Gasteiger partial charge >= 0.3 is 0 Å². The second kappa shape index (κ2) is 5.78.